The van der Waals surface area contributed by atoms with Crippen LogP contribution in [0, 0.1) is 0 Å². The minimum atomic E-state index is -0.0984. The van der Waals surface area contributed by atoms with Gasteiger partial charge in [0.05, 0.1) is 18.1 Å². The number of amides is 1. The Hall–Kier alpha value is -2.15. The average molecular weight is 370 g/mol. The molecule has 6 heteroatoms. The summed E-state index contributed by atoms with van der Waals surface area (Å²) in [7, 11) is 0. The van der Waals surface area contributed by atoms with Crippen molar-refractivity contribution in [1.82, 2.24) is 4.98 Å². The lowest BCUT2D eigenvalue weighted by atomic mass is 10.0. The zero-order valence-corrected chi connectivity index (χ0v) is 15.1. The fourth-order valence-corrected chi connectivity index (χ4v) is 3.58. The molecule has 128 valence electrons. The molecule has 0 saturated carbocycles. The van der Waals surface area contributed by atoms with Gasteiger partial charge in [0, 0.05) is 16.7 Å². The number of hydrogen-bond acceptors (Lipinski definition) is 5. The summed E-state index contributed by atoms with van der Waals surface area (Å²) < 4.78 is 0. The van der Waals surface area contributed by atoms with E-state index in [1.54, 1.807) is 0 Å². The third kappa shape index (κ3) is 4.92. The number of aromatic nitrogens is 1. The molecule has 0 aliphatic heterocycles. The van der Waals surface area contributed by atoms with Gasteiger partial charge in [0.1, 0.15) is 0 Å². The monoisotopic (exact) mass is 370 g/mol. The number of thioether (sulfide) groups is 1. The van der Waals surface area contributed by atoms with E-state index in [9.17, 15) is 4.79 Å². The van der Waals surface area contributed by atoms with Gasteiger partial charge >= 0.3 is 0 Å². The number of aliphatic hydroxyl groups excluding tert-OH is 1. The van der Waals surface area contributed by atoms with Gasteiger partial charge in [-0.25, -0.2) is 4.98 Å². The molecular formula is C19H18N2O2S2. The zero-order chi connectivity index (χ0) is 17.5. The summed E-state index contributed by atoms with van der Waals surface area (Å²) >= 11 is 2.81. The highest BCUT2D eigenvalue weighted by atomic mass is 32.2. The van der Waals surface area contributed by atoms with Crippen molar-refractivity contribution in [3.05, 3.63) is 60.0 Å². The quantitative estimate of drug-likeness (QED) is 0.614. The molecule has 25 heavy (non-hydrogen) atoms. The van der Waals surface area contributed by atoms with Crippen molar-refractivity contribution in [2.75, 3.05) is 23.4 Å². The number of thiazole rings is 1. The molecule has 4 nitrogen and oxygen atoms in total. The smallest absolute Gasteiger partial charge is 0.236 e. The average Bonchev–Trinajstić information content (AvgIpc) is 3.11. The second-order valence-electron chi connectivity index (χ2n) is 5.31. The molecule has 0 unspecified atom stereocenters. The van der Waals surface area contributed by atoms with Gasteiger partial charge in [0.15, 0.2) is 5.13 Å². The Kier molecular flexibility index (Phi) is 6.22. The molecule has 0 bridgehead atoms. The molecule has 3 rings (SSSR count). The van der Waals surface area contributed by atoms with E-state index in [0.29, 0.717) is 16.6 Å². The highest BCUT2D eigenvalue weighted by Gasteiger charge is 2.08. The van der Waals surface area contributed by atoms with Gasteiger partial charge in [0.25, 0.3) is 0 Å². The van der Waals surface area contributed by atoms with E-state index in [2.05, 4.69) is 34.6 Å². The van der Waals surface area contributed by atoms with Gasteiger partial charge in [-0.3, -0.25) is 4.79 Å². The first-order valence-electron chi connectivity index (χ1n) is 7.86. The van der Waals surface area contributed by atoms with Crippen molar-refractivity contribution >= 4 is 34.1 Å². The number of nitrogens with zero attached hydrogens (tertiary/aromatic N) is 1. The van der Waals surface area contributed by atoms with E-state index in [0.717, 1.165) is 16.8 Å². The second kappa shape index (κ2) is 8.80. The van der Waals surface area contributed by atoms with E-state index in [-0.39, 0.29) is 12.5 Å². The number of aliphatic hydroxyl groups is 1. The molecule has 0 radical (unpaired) electrons. The standard InChI is InChI=1S/C19H18N2O2S2/c22-10-11-24-13-18(23)21-19-20-17(12-25-19)16-8-6-15(7-9-16)14-4-2-1-3-5-14/h1-9,12,22H,10-11,13H2,(H,20,21,23). The van der Waals surface area contributed by atoms with Crippen LogP contribution in [0.15, 0.2) is 60.0 Å². The Morgan fingerprint density at radius 3 is 2.44 bits per heavy atom. The lowest BCUT2D eigenvalue weighted by Gasteiger charge is -2.03. The number of carbonyl (C=O) groups is 1. The Labute approximate surface area is 154 Å². The maximum atomic E-state index is 11.8. The largest absolute Gasteiger partial charge is 0.396 e. The van der Waals surface area contributed by atoms with E-state index in [1.807, 2.05) is 35.7 Å². The Balaban J connectivity index is 1.65. The summed E-state index contributed by atoms with van der Waals surface area (Å²) in [6.07, 6.45) is 0. The number of hydrogen-bond donors (Lipinski definition) is 2. The normalized spacial score (nSPS) is 10.6. The molecule has 0 aliphatic rings. The van der Waals surface area contributed by atoms with Crippen LogP contribution in [0.5, 0.6) is 0 Å². The maximum absolute atomic E-state index is 11.8. The lowest BCUT2D eigenvalue weighted by molar-refractivity contribution is -0.113. The fraction of sp³-hybridized carbons (Fsp3) is 0.158. The molecule has 3 aromatic rings. The highest BCUT2D eigenvalue weighted by Crippen LogP contribution is 2.27. The van der Waals surface area contributed by atoms with Gasteiger partial charge in [0.2, 0.25) is 5.91 Å². The summed E-state index contributed by atoms with van der Waals surface area (Å²) in [5.41, 5.74) is 4.21. The minimum Gasteiger partial charge on any atom is -0.396 e. The molecule has 1 amide bonds. The lowest BCUT2D eigenvalue weighted by Crippen LogP contribution is -2.14. The van der Waals surface area contributed by atoms with Gasteiger partial charge in [-0.15, -0.1) is 23.1 Å². The molecular weight excluding hydrogens is 352 g/mol. The summed E-state index contributed by atoms with van der Waals surface area (Å²) in [4.78, 5) is 16.3. The van der Waals surface area contributed by atoms with Crippen LogP contribution in [0.1, 0.15) is 0 Å². The molecule has 2 N–H and O–H groups in total. The zero-order valence-electron chi connectivity index (χ0n) is 13.5. The van der Waals surface area contributed by atoms with E-state index >= 15 is 0 Å². The van der Waals surface area contributed by atoms with Crippen molar-refractivity contribution in [2.45, 2.75) is 0 Å². The summed E-state index contributed by atoms with van der Waals surface area (Å²) in [6, 6.07) is 18.5. The van der Waals surface area contributed by atoms with Crippen LogP contribution in [0.3, 0.4) is 0 Å². The number of carbonyl (C=O) groups excluding carboxylic acids is 1. The number of anilines is 1. The molecule has 1 aromatic heterocycles. The van der Waals surface area contributed by atoms with Crippen LogP contribution in [0.25, 0.3) is 22.4 Å². The molecule has 0 fully saturated rings. The Bertz CT molecular complexity index is 817. The molecule has 0 spiro atoms. The first-order chi connectivity index (χ1) is 12.3. The van der Waals surface area contributed by atoms with Crippen molar-refractivity contribution < 1.29 is 9.90 Å². The van der Waals surface area contributed by atoms with E-state index < -0.39 is 0 Å². The van der Waals surface area contributed by atoms with Gasteiger partial charge in [-0.1, -0.05) is 54.6 Å². The van der Waals surface area contributed by atoms with Crippen molar-refractivity contribution in [3.8, 4) is 22.4 Å². The second-order valence-corrected chi connectivity index (χ2v) is 7.27. The van der Waals surface area contributed by atoms with Crippen molar-refractivity contribution in [3.63, 3.8) is 0 Å². The highest BCUT2D eigenvalue weighted by molar-refractivity contribution is 7.99. The van der Waals surface area contributed by atoms with Crippen LogP contribution >= 0.6 is 23.1 Å². The summed E-state index contributed by atoms with van der Waals surface area (Å²) in [6.45, 7) is 0.0817. The molecule has 2 aromatic carbocycles. The SMILES string of the molecule is O=C(CSCCO)Nc1nc(-c2ccc(-c3ccccc3)cc2)cs1. The number of nitrogens with one attached hydrogen (secondary N) is 1. The molecule has 0 aliphatic carbocycles. The van der Waals surface area contributed by atoms with Crippen molar-refractivity contribution in [2.24, 2.45) is 0 Å². The summed E-state index contributed by atoms with van der Waals surface area (Å²) in [5, 5.41) is 14.1. The van der Waals surface area contributed by atoms with Gasteiger partial charge < -0.3 is 10.4 Å². The van der Waals surface area contributed by atoms with Crippen LogP contribution in [0.2, 0.25) is 0 Å². The third-order valence-corrected chi connectivity index (χ3v) is 5.20. The van der Waals surface area contributed by atoms with Crippen molar-refractivity contribution in [1.29, 1.82) is 0 Å². The number of benzene rings is 2. The predicted octanol–water partition coefficient (Wildman–Crippen LogP) is 4.14. The fourth-order valence-electron chi connectivity index (χ4n) is 2.31. The first-order valence-corrected chi connectivity index (χ1v) is 9.89. The third-order valence-electron chi connectivity index (χ3n) is 3.51. The Morgan fingerprint density at radius 2 is 1.72 bits per heavy atom. The molecule has 1 heterocycles. The predicted molar refractivity (Wildman–Crippen MR) is 106 cm³/mol. The molecule has 0 saturated heterocycles. The van der Waals surface area contributed by atoms with Crippen LogP contribution in [-0.2, 0) is 4.79 Å². The topological polar surface area (TPSA) is 62.2 Å². The van der Waals surface area contributed by atoms with Gasteiger partial charge in [-0.05, 0) is 11.1 Å². The van der Waals surface area contributed by atoms with E-state index in [1.165, 1.54) is 28.7 Å². The maximum Gasteiger partial charge on any atom is 0.236 e. The number of rotatable bonds is 7. The van der Waals surface area contributed by atoms with Crippen LogP contribution in [-0.4, -0.2) is 34.1 Å². The van der Waals surface area contributed by atoms with E-state index in [4.69, 9.17) is 5.11 Å². The van der Waals surface area contributed by atoms with Gasteiger partial charge in [-0.2, -0.15) is 0 Å². The minimum absolute atomic E-state index is 0.0817. The Morgan fingerprint density at radius 1 is 1.04 bits per heavy atom. The van der Waals surface area contributed by atoms with Crippen LogP contribution in [0.4, 0.5) is 5.13 Å². The van der Waals surface area contributed by atoms with Crippen LogP contribution < -0.4 is 5.32 Å². The molecule has 0 atom stereocenters. The summed E-state index contributed by atoms with van der Waals surface area (Å²) in [5.74, 6) is 0.782. The first kappa shape index (κ1) is 17.7.